The highest BCUT2D eigenvalue weighted by Crippen LogP contribution is 2.37. The van der Waals surface area contributed by atoms with Gasteiger partial charge in [0.15, 0.2) is 0 Å². The summed E-state index contributed by atoms with van der Waals surface area (Å²) in [4.78, 5) is 0. The average molecular weight is 267 g/mol. The van der Waals surface area contributed by atoms with Crippen LogP contribution in [0.4, 0.5) is 0 Å². The summed E-state index contributed by atoms with van der Waals surface area (Å²) in [6, 6.07) is 3.35. The van der Waals surface area contributed by atoms with Crippen molar-refractivity contribution < 1.29 is 13.6 Å². The van der Waals surface area contributed by atoms with Gasteiger partial charge in [-0.1, -0.05) is 45.0 Å². The van der Waals surface area contributed by atoms with Crippen LogP contribution in [0.2, 0.25) is 18.1 Å². The molecule has 0 fully saturated rings. The minimum atomic E-state index is -2.11. The fraction of sp³-hybridized carbons (Fsp3) is 0.467. The number of benzene rings is 1. The second-order valence-corrected chi connectivity index (χ2v) is 10.5. The molecule has 1 aromatic carbocycles. The second kappa shape index (κ2) is 5.72. The zero-order chi connectivity index (χ0) is 16.4. The Labute approximate surface area is 116 Å². The molecule has 18 heavy (non-hydrogen) atoms. The first-order valence-corrected chi connectivity index (χ1v) is 8.98. The van der Waals surface area contributed by atoms with Crippen molar-refractivity contribution >= 4 is 14.4 Å². The molecule has 0 saturated carbocycles. The fourth-order valence-electron chi connectivity index (χ4n) is 1.08. The lowest BCUT2D eigenvalue weighted by molar-refractivity contribution is 0.343. The topological polar surface area (TPSA) is 29.5 Å². The maximum absolute atomic E-state index is 8.82. The van der Waals surface area contributed by atoms with E-state index in [0.29, 0.717) is 5.56 Å². The van der Waals surface area contributed by atoms with E-state index in [1.54, 1.807) is 0 Å². The van der Waals surface area contributed by atoms with Crippen LogP contribution in [0.15, 0.2) is 30.3 Å². The van der Waals surface area contributed by atoms with Crippen molar-refractivity contribution in [2.75, 3.05) is 6.61 Å². The van der Waals surface area contributed by atoms with Gasteiger partial charge >= 0.3 is 0 Å². The number of hydrogen-bond donors (Lipinski definition) is 1. The second-order valence-electron chi connectivity index (χ2n) is 5.76. The van der Waals surface area contributed by atoms with E-state index >= 15 is 0 Å². The van der Waals surface area contributed by atoms with Crippen molar-refractivity contribution in [1.82, 2.24) is 0 Å². The molecule has 0 aliphatic rings. The van der Waals surface area contributed by atoms with Gasteiger partial charge < -0.3 is 9.53 Å². The highest BCUT2D eigenvalue weighted by Gasteiger charge is 2.38. The first kappa shape index (κ1) is 10.8. The Morgan fingerprint density at radius 3 is 2.39 bits per heavy atom. The third-order valence-electron chi connectivity index (χ3n) is 3.24. The van der Waals surface area contributed by atoms with E-state index in [1.165, 1.54) is 18.2 Å². The van der Waals surface area contributed by atoms with Crippen molar-refractivity contribution in [2.24, 2.45) is 0 Å². The van der Waals surface area contributed by atoms with Crippen LogP contribution in [0.3, 0.4) is 0 Å². The number of rotatable bonds is 4. The van der Waals surface area contributed by atoms with Gasteiger partial charge in [0.25, 0.3) is 0 Å². The smallest absolute Gasteiger partial charge is 0.250 e. The Hall–Kier alpha value is -1.06. The molecule has 1 rings (SSSR count). The Balaban J connectivity index is 3.21. The van der Waals surface area contributed by atoms with Crippen LogP contribution in [0.25, 0.3) is 6.05 Å². The van der Waals surface area contributed by atoms with Gasteiger partial charge in [-0.3, -0.25) is 0 Å². The third kappa shape index (κ3) is 4.00. The third-order valence-corrected chi connectivity index (χ3v) is 7.57. The van der Waals surface area contributed by atoms with E-state index in [0.717, 1.165) is 0 Å². The quantitative estimate of drug-likeness (QED) is 0.833. The minimum Gasteiger partial charge on any atom is -0.544 e. The maximum atomic E-state index is 8.82. The molecule has 0 radical (unpaired) electrons. The molecular formula is C15H24O2Si. The van der Waals surface area contributed by atoms with E-state index in [4.69, 9.17) is 13.6 Å². The molecule has 0 atom stereocenters. The maximum Gasteiger partial charge on any atom is 0.250 e. The molecule has 0 bridgehead atoms. The van der Waals surface area contributed by atoms with Crippen LogP contribution < -0.4 is 4.43 Å². The van der Waals surface area contributed by atoms with Crippen LogP contribution in [-0.4, -0.2) is 20.0 Å². The summed E-state index contributed by atoms with van der Waals surface area (Å²) >= 11 is 0. The zero-order valence-electron chi connectivity index (χ0n) is 14.8. The van der Waals surface area contributed by atoms with Gasteiger partial charge in [0, 0.05) is 0 Å². The van der Waals surface area contributed by atoms with E-state index in [9.17, 15) is 0 Å². The zero-order valence-corrected chi connectivity index (χ0v) is 12.8. The summed E-state index contributed by atoms with van der Waals surface area (Å²) in [5.41, 5.74) is 0.446. The van der Waals surface area contributed by atoms with Gasteiger partial charge in [-0.15, -0.1) is 0 Å². The molecule has 0 unspecified atom stereocenters. The Morgan fingerprint density at radius 2 is 1.94 bits per heavy atom. The van der Waals surface area contributed by atoms with Gasteiger partial charge in [0.05, 0.1) is 10.7 Å². The van der Waals surface area contributed by atoms with Crippen LogP contribution in [-0.2, 0) is 0 Å². The predicted molar refractivity (Wildman–Crippen MR) is 80.4 cm³/mol. The van der Waals surface area contributed by atoms with Crippen molar-refractivity contribution in [3.63, 3.8) is 0 Å². The van der Waals surface area contributed by atoms with Crippen LogP contribution in [0.5, 0.6) is 5.75 Å². The largest absolute Gasteiger partial charge is 0.544 e. The lowest BCUT2D eigenvalue weighted by Crippen LogP contribution is -2.43. The summed E-state index contributed by atoms with van der Waals surface area (Å²) in [5, 5.41) is 8.81. The average Bonchev–Trinajstić information content (AvgIpc) is 2.32. The SMILES string of the molecule is [2H]/C(=C\CO)c1cc([2H])c(O[Si](C)(C)C(C)(C)C)c([2H])c1. The summed E-state index contributed by atoms with van der Waals surface area (Å²) in [5.74, 6) is 0.280. The van der Waals surface area contributed by atoms with Crippen molar-refractivity contribution in [2.45, 2.75) is 38.9 Å². The van der Waals surface area contributed by atoms with Crippen molar-refractivity contribution in [3.8, 4) is 5.75 Å². The summed E-state index contributed by atoms with van der Waals surface area (Å²) in [6.07, 6.45) is 1.34. The van der Waals surface area contributed by atoms with Gasteiger partial charge in [-0.05, 0) is 35.8 Å². The summed E-state index contributed by atoms with van der Waals surface area (Å²) in [6.45, 7) is 10.2. The molecule has 0 spiro atoms. The number of aliphatic hydroxyl groups excluding tert-OH is 1. The Kier molecular flexibility index (Phi) is 3.44. The predicted octanol–water partition coefficient (Wildman–Crippen LogP) is 4.08. The van der Waals surface area contributed by atoms with Gasteiger partial charge in [0.2, 0.25) is 8.32 Å². The van der Waals surface area contributed by atoms with Crippen LogP contribution >= 0.6 is 0 Å². The molecule has 1 aromatic rings. The fourth-order valence-corrected chi connectivity index (χ4v) is 2.02. The monoisotopic (exact) mass is 267 g/mol. The molecule has 0 heterocycles. The Bertz CT molecular complexity index is 525. The van der Waals surface area contributed by atoms with Crippen LogP contribution in [0, 0.1) is 0 Å². The van der Waals surface area contributed by atoms with E-state index in [1.807, 2.05) is 0 Å². The van der Waals surface area contributed by atoms with E-state index in [2.05, 4.69) is 33.9 Å². The highest BCUT2D eigenvalue weighted by atomic mass is 28.4. The first-order chi connectivity index (χ1) is 9.49. The molecule has 1 N–H and O–H groups in total. The molecule has 0 saturated heterocycles. The highest BCUT2D eigenvalue weighted by molar-refractivity contribution is 6.74. The van der Waals surface area contributed by atoms with Gasteiger partial charge in [-0.2, -0.15) is 0 Å². The molecular weight excluding hydrogens is 240 g/mol. The van der Waals surface area contributed by atoms with E-state index < -0.39 is 8.32 Å². The van der Waals surface area contributed by atoms with Crippen LogP contribution in [0.1, 0.15) is 30.4 Å². The first-order valence-electron chi connectivity index (χ1n) is 7.58. The molecule has 0 aliphatic heterocycles. The lowest BCUT2D eigenvalue weighted by atomic mass is 10.2. The number of hydrogen-bond acceptors (Lipinski definition) is 2. The molecule has 2 nitrogen and oxygen atoms in total. The van der Waals surface area contributed by atoms with Gasteiger partial charge in [-0.25, -0.2) is 0 Å². The van der Waals surface area contributed by atoms with Crippen molar-refractivity contribution in [1.29, 1.82) is 0 Å². The Morgan fingerprint density at radius 1 is 1.39 bits per heavy atom. The molecule has 0 amide bonds. The minimum absolute atomic E-state index is 0.0120. The molecule has 3 heteroatoms. The normalized spacial score (nSPS) is 15.9. The molecule has 0 aliphatic carbocycles. The lowest BCUT2D eigenvalue weighted by Gasteiger charge is -2.36. The number of aliphatic hydroxyl groups is 1. The molecule has 0 aromatic heterocycles. The summed E-state index contributed by atoms with van der Waals surface area (Å²) < 4.78 is 29.9. The van der Waals surface area contributed by atoms with Crippen molar-refractivity contribution in [3.05, 3.63) is 35.9 Å². The summed E-state index contributed by atoms with van der Waals surface area (Å²) in [7, 11) is -2.11. The standard InChI is InChI=1S/C15H24O2Si/c1-15(2,3)18(4,5)17-14-10-8-13(9-11-14)7-6-12-16/h6-11,16H,12H2,1-5H3/b7-6+/i7D,10D,11D. The van der Waals surface area contributed by atoms with E-state index in [-0.39, 0.29) is 35.5 Å². The molecule has 100 valence electrons. The van der Waals surface area contributed by atoms with Gasteiger partial charge in [0.1, 0.15) is 5.75 Å².